The molecule has 1 aliphatic rings. The highest BCUT2D eigenvalue weighted by Gasteiger charge is 2.16. The topological polar surface area (TPSA) is 70.8 Å². The van der Waals surface area contributed by atoms with Gasteiger partial charge in [-0.15, -0.1) is 11.8 Å². The fraction of sp³-hybridized carbons (Fsp3) is 0.462. The molecule has 5 nitrogen and oxygen atoms in total. The molecule has 1 aliphatic heterocycles. The Hall–Kier alpha value is -1.40. The largest absolute Gasteiger partial charge is 0.486 e. The third-order valence-corrected chi connectivity index (χ3v) is 3.65. The van der Waals surface area contributed by atoms with Crippen LogP contribution in [0.1, 0.15) is 6.92 Å². The van der Waals surface area contributed by atoms with Crippen LogP contribution in [0.2, 0.25) is 0 Å². The van der Waals surface area contributed by atoms with Gasteiger partial charge in [0.2, 0.25) is 0 Å². The van der Waals surface area contributed by atoms with E-state index in [1.807, 2.05) is 18.2 Å². The minimum Gasteiger partial charge on any atom is -0.486 e. The summed E-state index contributed by atoms with van der Waals surface area (Å²) in [5, 5.41) is 0. The number of esters is 1. The van der Waals surface area contributed by atoms with Crippen LogP contribution in [-0.4, -0.2) is 37.6 Å². The maximum absolute atomic E-state index is 11.4. The van der Waals surface area contributed by atoms with Crippen LogP contribution in [0.15, 0.2) is 23.1 Å². The van der Waals surface area contributed by atoms with Gasteiger partial charge in [0.1, 0.15) is 19.3 Å². The average Bonchev–Trinajstić information content (AvgIpc) is 2.44. The Morgan fingerprint density at radius 3 is 2.89 bits per heavy atom. The maximum atomic E-state index is 11.4. The van der Waals surface area contributed by atoms with Crippen molar-refractivity contribution >= 4 is 17.7 Å². The quantitative estimate of drug-likeness (QED) is 0.651. The molecule has 0 aliphatic carbocycles. The molecular weight excluding hydrogens is 266 g/mol. The van der Waals surface area contributed by atoms with Crippen LogP contribution in [0.5, 0.6) is 11.5 Å². The highest BCUT2D eigenvalue weighted by Crippen LogP contribution is 2.34. The minimum absolute atomic E-state index is 0.348. The summed E-state index contributed by atoms with van der Waals surface area (Å²) in [4.78, 5) is 12.4. The minimum atomic E-state index is -0.613. The van der Waals surface area contributed by atoms with E-state index in [0.717, 1.165) is 16.4 Å². The van der Waals surface area contributed by atoms with E-state index in [9.17, 15) is 4.79 Å². The molecule has 1 heterocycles. The van der Waals surface area contributed by atoms with E-state index in [4.69, 9.17) is 19.9 Å². The predicted octanol–water partition coefficient (Wildman–Crippen LogP) is 1.44. The number of thioether (sulfide) groups is 1. The van der Waals surface area contributed by atoms with Gasteiger partial charge in [-0.3, -0.25) is 4.79 Å². The smallest absolute Gasteiger partial charge is 0.323 e. The van der Waals surface area contributed by atoms with E-state index < -0.39 is 6.04 Å². The Kier molecular flexibility index (Phi) is 4.93. The van der Waals surface area contributed by atoms with Crippen LogP contribution >= 0.6 is 11.8 Å². The molecule has 2 rings (SSSR count). The Bertz CT molecular complexity index is 452. The molecule has 104 valence electrons. The van der Waals surface area contributed by atoms with Gasteiger partial charge in [0.05, 0.1) is 6.61 Å². The Balaban J connectivity index is 1.91. The van der Waals surface area contributed by atoms with Gasteiger partial charge in [-0.25, -0.2) is 0 Å². The second-order valence-electron chi connectivity index (χ2n) is 3.98. The number of hydrogen-bond donors (Lipinski definition) is 1. The highest BCUT2D eigenvalue weighted by atomic mass is 32.2. The molecule has 1 unspecified atom stereocenters. The molecule has 0 amide bonds. The molecule has 0 fully saturated rings. The molecule has 1 aromatic carbocycles. The predicted molar refractivity (Wildman–Crippen MR) is 72.8 cm³/mol. The average molecular weight is 283 g/mol. The number of nitrogens with two attached hydrogens (primary N) is 1. The number of benzene rings is 1. The molecule has 1 atom stereocenters. The summed E-state index contributed by atoms with van der Waals surface area (Å²) in [6.45, 7) is 3.25. The summed E-state index contributed by atoms with van der Waals surface area (Å²) >= 11 is 1.49. The molecule has 2 N–H and O–H groups in total. The molecule has 0 bridgehead atoms. The zero-order valence-corrected chi connectivity index (χ0v) is 11.6. The van der Waals surface area contributed by atoms with Crippen molar-refractivity contribution in [2.24, 2.45) is 5.73 Å². The summed E-state index contributed by atoms with van der Waals surface area (Å²) in [5.74, 6) is 1.59. The Labute approximate surface area is 116 Å². The first-order chi connectivity index (χ1) is 9.20. The number of fused-ring (bicyclic) bond motifs is 1. The lowest BCUT2D eigenvalue weighted by molar-refractivity contribution is -0.144. The lowest BCUT2D eigenvalue weighted by Crippen LogP contribution is -2.34. The van der Waals surface area contributed by atoms with Gasteiger partial charge in [0, 0.05) is 10.6 Å². The van der Waals surface area contributed by atoms with Gasteiger partial charge in [-0.05, 0) is 25.1 Å². The van der Waals surface area contributed by atoms with E-state index >= 15 is 0 Å². The summed E-state index contributed by atoms with van der Waals surface area (Å²) in [7, 11) is 0. The molecule has 6 heteroatoms. The summed E-state index contributed by atoms with van der Waals surface area (Å²) in [5.41, 5.74) is 5.74. The van der Waals surface area contributed by atoms with Gasteiger partial charge in [0.25, 0.3) is 0 Å². The van der Waals surface area contributed by atoms with Crippen LogP contribution < -0.4 is 15.2 Å². The second-order valence-corrected chi connectivity index (χ2v) is 5.07. The molecule has 0 aromatic heterocycles. The first kappa shape index (κ1) is 14.0. The number of rotatable bonds is 5. The lowest BCUT2D eigenvalue weighted by Gasteiger charge is -2.19. The number of ether oxygens (including phenoxy) is 3. The van der Waals surface area contributed by atoms with Crippen LogP contribution in [0.3, 0.4) is 0 Å². The number of hydrogen-bond acceptors (Lipinski definition) is 6. The van der Waals surface area contributed by atoms with Gasteiger partial charge in [0.15, 0.2) is 11.5 Å². The SMILES string of the molecule is CCOC(=O)C(N)CSc1ccc2c(c1)OCCO2. The van der Waals surface area contributed by atoms with E-state index in [1.165, 1.54) is 11.8 Å². The molecule has 19 heavy (non-hydrogen) atoms. The summed E-state index contributed by atoms with van der Waals surface area (Å²) in [6, 6.07) is 5.08. The third-order valence-electron chi connectivity index (χ3n) is 2.53. The van der Waals surface area contributed by atoms with Crippen LogP contribution in [-0.2, 0) is 9.53 Å². The highest BCUT2D eigenvalue weighted by molar-refractivity contribution is 7.99. The fourth-order valence-electron chi connectivity index (χ4n) is 1.62. The summed E-state index contributed by atoms with van der Waals surface area (Å²) < 4.78 is 15.8. The first-order valence-corrected chi connectivity index (χ1v) is 7.14. The summed E-state index contributed by atoms with van der Waals surface area (Å²) in [6.07, 6.45) is 0. The number of carbonyl (C=O) groups excluding carboxylic acids is 1. The molecular formula is C13H17NO4S. The second kappa shape index (κ2) is 6.68. The van der Waals surface area contributed by atoms with Crippen molar-refractivity contribution in [2.45, 2.75) is 17.9 Å². The van der Waals surface area contributed by atoms with Crippen molar-refractivity contribution < 1.29 is 19.0 Å². The molecule has 0 spiro atoms. The van der Waals surface area contributed by atoms with Gasteiger partial charge in [-0.2, -0.15) is 0 Å². The van der Waals surface area contributed by atoms with Crippen molar-refractivity contribution in [2.75, 3.05) is 25.6 Å². The normalized spacial score (nSPS) is 14.8. The molecule has 0 saturated carbocycles. The Morgan fingerprint density at radius 2 is 2.16 bits per heavy atom. The number of carbonyl (C=O) groups is 1. The van der Waals surface area contributed by atoms with E-state index in [0.29, 0.717) is 25.6 Å². The molecule has 0 radical (unpaired) electrons. The third kappa shape index (κ3) is 3.78. The molecule has 1 aromatic rings. The Morgan fingerprint density at radius 1 is 1.42 bits per heavy atom. The zero-order chi connectivity index (χ0) is 13.7. The molecule has 0 saturated heterocycles. The van der Waals surface area contributed by atoms with Gasteiger partial charge < -0.3 is 19.9 Å². The van der Waals surface area contributed by atoms with Gasteiger partial charge in [-0.1, -0.05) is 0 Å². The van der Waals surface area contributed by atoms with Crippen LogP contribution in [0.25, 0.3) is 0 Å². The standard InChI is InChI=1S/C13H17NO4S/c1-2-16-13(15)10(14)8-19-9-3-4-11-12(7-9)18-6-5-17-11/h3-4,7,10H,2,5-6,8,14H2,1H3. The van der Waals surface area contributed by atoms with Crippen molar-refractivity contribution in [1.82, 2.24) is 0 Å². The van der Waals surface area contributed by atoms with E-state index in [-0.39, 0.29) is 5.97 Å². The van der Waals surface area contributed by atoms with Crippen molar-refractivity contribution in [3.63, 3.8) is 0 Å². The first-order valence-electron chi connectivity index (χ1n) is 6.15. The van der Waals surface area contributed by atoms with Crippen LogP contribution in [0, 0.1) is 0 Å². The van der Waals surface area contributed by atoms with E-state index in [1.54, 1.807) is 6.92 Å². The van der Waals surface area contributed by atoms with E-state index in [2.05, 4.69) is 0 Å². The maximum Gasteiger partial charge on any atom is 0.323 e. The van der Waals surface area contributed by atoms with Gasteiger partial charge >= 0.3 is 5.97 Å². The van der Waals surface area contributed by atoms with Crippen molar-refractivity contribution in [3.8, 4) is 11.5 Å². The monoisotopic (exact) mass is 283 g/mol. The fourth-order valence-corrected chi connectivity index (χ4v) is 2.48. The zero-order valence-electron chi connectivity index (χ0n) is 10.8. The lowest BCUT2D eigenvalue weighted by atomic mass is 10.3. The van der Waals surface area contributed by atoms with Crippen LogP contribution in [0.4, 0.5) is 0 Å². The van der Waals surface area contributed by atoms with Crippen molar-refractivity contribution in [1.29, 1.82) is 0 Å². The van der Waals surface area contributed by atoms with Crippen molar-refractivity contribution in [3.05, 3.63) is 18.2 Å².